The van der Waals surface area contributed by atoms with Gasteiger partial charge in [-0.3, -0.25) is 0 Å². The van der Waals surface area contributed by atoms with Crippen LogP contribution in [0.15, 0.2) is 12.2 Å². The van der Waals surface area contributed by atoms with Gasteiger partial charge in [0.15, 0.2) is 12.6 Å². The quantitative estimate of drug-likeness (QED) is 0.112. The fraction of sp³-hybridized carbons (Fsp3) is 0.951. The predicted octanol–water partition coefficient (Wildman–Crippen LogP) is 0.0860. The van der Waals surface area contributed by atoms with E-state index < -0.39 is 115 Å². The molecule has 6 rings (SSSR count). The minimum absolute atomic E-state index is 0.00230. The fourth-order valence-electron chi connectivity index (χ4n) is 12.4. The average Bonchev–Trinajstić information content (AvgIpc) is 3.56. The Morgan fingerprint density at radius 3 is 2.18 bits per heavy atom. The standard InChI is InChI=1S/C41H70O15/c1-19(2)21(17-53-38-35(32(49)33(55-38)25(45)16-42)56-37-34(52-7)29(46)26(51-6)18-54-37)9-8-20(3)28-30(47)31(48)36-40(28,5)13-11-27-39(4)12-10-22(43)14-23(39)24(44)15-41(27,36)50/h8-9,19-38,42-50H,10-18H2,1-7H3/b9-8+/t20-,21+,22+,23-,24+,25-,26-,27-,28+,29+,30-,31-,32+,33+,34-,35-,36-,37+,38-,39+,40-,41+/m1/s1. The summed E-state index contributed by atoms with van der Waals surface area (Å²) < 4.78 is 34.9. The molecule has 0 bridgehead atoms. The number of allylic oxidation sites excluding steroid dienone is 1. The zero-order valence-electron chi connectivity index (χ0n) is 34.0. The summed E-state index contributed by atoms with van der Waals surface area (Å²) in [5.41, 5.74) is -2.41. The predicted molar refractivity (Wildman–Crippen MR) is 199 cm³/mol. The SMILES string of the molecule is CO[C@H]1[C@H](O[C@H]2[C@H](OC[C@H](/C=C/[C@@H](C)[C@H]3[C@@H](O)[C@@H](O)[C@@H]4[C@]3(C)CC[C@@H]3[C@@]5(C)CC[C@H](O)C[C@@H]5[C@@H](O)C[C@]34O)C(C)C)O[C@@H]([C@H](O)CO)[C@@H]2O)OC[C@@H](OC)[C@@H]1O. The number of hydrogen-bond acceptors (Lipinski definition) is 15. The maximum Gasteiger partial charge on any atom is 0.187 e. The van der Waals surface area contributed by atoms with E-state index in [0.29, 0.717) is 32.1 Å². The van der Waals surface area contributed by atoms with E-state index in [1.54, 1.807) is 0 Å². The van der Waals surface area contributed by atoms with Crippen molar-refractivity contribution in [2.75, 3.05) is 34.0 Å². The smallest absolute Gasteiger partial charge is 0.187 e. The van der Waals surface area contributed by atoms with Crippen LogP contribution >= 0.6 is 0 Å². The lowest BCUT2D eigenvalue weighted by Crippen LogP contribution is -2.68. The minimum atomic E-state index is -1.43. The summed E-state index contributed by atoms with van der Waals surface area (Å²) in [6.45, 7) is 9.69. The Morgan fingerprint density at radius 1 is 0.839 bits per heavy atom. The second-order valence-corrected chi connectivity index (χ2v) is 18.8. The molecule has 0 unspecified atom stereocenters. The molecule has 15 heteroatoms. The molecule has 6 fully saturated rings. The fourth-order valence-corrected chi connectivity index (χ4v) is 12.4. The van der Waals surface area contributed by atoms with Crippen LogP contribution < -0.4 is 0 Å². The van der Waals surface area contributed by atoms with Crippen LogP contribution in [-0.2, 0) is 28.4 Å². The van der Waals surface area contributed by atoms with Crippen LogP contribution in [0.3, 0.4) is 0 Å². The first-order valence-electron chi connectivity index (χ1n) is 20.8. The largest absolute Gasteiger partial charge is 0.394 e. The molecule has 22 atom stereocenters. The maximum absolute atomic E-state index is 12.7. The molecule has 0 aromatic heterocycles. The molecule has 9 N–H and O–H groups in total. The van der Waals surface area contributed by atoms with Gasteiger partial charge < -0.3 is 74.4 Å². The van der Waals surface area contributed by atoms with Gasteiger partial charge in [0.25, 0.3) is 0 Å². The van der Waals surface area contributed by atoms with Crippen molar-refractivity contribution >= 4 is 0 Å². The number of rotatable bonds is 13. The van der Waals surface area contributed by atoms with Gasteiger partial charge in [0.2, 0.25) is 0 Å². The molecule has 2 heterocycles. The Morgan fingerprint density at radius 2 is 1.54 bits per heavy atom. The van der Waals surface area contributed by atoms with Crippen molar-refractivity contribution in [3.05, 3.63) is 12.2 Å². The van der Waals surface area contributed by atoms with Crippen molar-refractivity contribution in [3.63, 3.8) is 0 Å². The first-order valence-corrected chi connectivity index (χ1v) is 20.8. The molecule has 4 aliphatic carbocycles. The Bertz CT molecular complexity index is 1340. The summed E-state index contributed by atoms with van der Waals surface area (Å²) in [6, 6.07) is 0. The van der Waals surface area contributed by atoms with E-state index in [-0.39, 0.29) is 49.2 Å². The van der Waals surface area contributed by atoms with Gasteiger partial charge in [0.1, 0.15) is 42.7 Å². The van der Waals surface area contributed by atoms with Crippen LogP contribution in [0, 0.1) is 52.3 Å². The van der Waals surface area contributed by atoms with Gasteiger partial charge in [-0.15, -0.1) is 0 Å². The molecule has 0 aromatic rings. The first kappa shape index (κ1) is 44.7. The van der Waals surface area contributed by atoms with Gasteiger partial charge in [-0.1, -0.05) is 46.8 Å². The summed E-state index contributed by atoms with van der Waals surface area (Å²) in [4.78, 5) is 0. The third kappa shape index (κ3) is 7.68. The maximum atomic E-state index is 12.7. The normalized spacial score (nSPS) is 51.1. The van der Waals surface area contributed by atoms with Crippen LogP contribution in [-0.4, -0.2) is 165 Å². The van der Waals surface area contributed by atoms with Crippen molar-refractivity contribution in [2.24, 2.45) is 52.3 Å². The lowest BCUT2D eigenvalue weighted by Gasteiger charge is -2.65. The number of methoxy groups -OCH3 is 2. The van der Waals surface area contributed by atoms with Crippen LogP contribution in [0.4, 0.5) is 0 Å². The first-order chi connectivity index (χ1) is 26.4. The van der Waals surface area contributed by atoms with Gasteiger partial charge in [0.05, 0.1) is 49.8 Å². The Labute approximate surface area is 330 Å². The van der Waals surface area contributed by atoms with Crippen LogP contribution in [0.25, 0.3) is 0 Å². The number of fused-ring (bicyclic) bond motifs is 5. The van der Waals surface area contributed by atoms with Crippen molar-refractivity contribution in [1.82, 2.24) is 0 Å². The van der Waals surface area contributed by atoms with Crippen LogP contribution in [0.1, 0.15) is 73.1 Å². The van der Waals surface area contributed by atoms with Crippen molar-refractivity contribution < 1.29 is 74.4 Å². The summed E-state index contributed by atoms with van der Waals surface area (Å²) in [5.74, 6) is -1.71. The average molecular weight is 803 g/mol. The Balaban J connectivity index is 1.17. The number of hydrogen-bond donors (Lipinski definition) is 9. The lowest BCUT2D eigenvalue weighted by molar-refractivity contribution is -0.310. The molecule has 0 aromatic carbocycles. The number of aliphatic hydroxyl groups excluding tert-OH is 8. The van der Waals surface area contributed by atoms with E-state index in [4.69, 9.17) is 28.4 Å². The minimum Gasteiger partial charge on any atom is -0.394 e. The summed E-state index contributed by atoms with van der Waals surface area (Å²) in [6.07, 6.45) is -6.57. The molecular formula is C41H70O15. The molecule has 4 saturated carbocycles. The zero-order chi connectivity index (χ0) is 41.1. The molecule has 0 amide bonds. The molecule has 15 nitrogen and oxygen atoms in total. The van der Waals surface area contributed by atoms with E-state index in [1.165, 1.54) is 14.2 Å². The zero-order valence-corrected chi connectivity index (χ0v) is 34.0. The lowest BCUT2D eigenvalue weighted by atomic mass is 9.42. The molecule has 56 heavy (non-hydrogen) atoms. The second kappa shape index (κ2) is 17.3. The highest BCUT2D eigenvalue weighted by atomic mass is 16.8. The number of ether oxygens (including phenoxy) is 6. The summed E-state index contributed by atoms with van der Waals surface area (Å²) in [7, 11) is 2.83. The van der Waals surface area contributed by atoms with E-state index in [0.717, 1.165) is 0 Å². The molecular weight excluding hydrogens is 732 g/mol. The third-order valence-electron chi connectivity index (χ3n) is 15.4. The highest BCUT2D eigenvalue weighted by Crippen LogP contribution is 2.69. The van der Waals surface area contributed by atoms with Gasteiger partial charge >= 0.3 is 0 Å². The Kier molecular flexibility index (Phi) is 13.8. The highest BCUT2D eigenvalue weighted by Gasteiger charge is 2.72. The monoisotopic (exact) mass is 802 g/mol. The van der Waals surface area contributed by atoms with E-state index in [9.17, 15) is 46.0 Å². The molecule has 0 radical (unpaired) electrons. The van der Waals surface area contributed by atoms with E-state index in [1.807, 2.05) is 32.9 Å². The molecule has 2 aliphatic heterocycles. The molecule has 0 spiro atoms. The highest BCUT2D eigenvalue weighted by molar-refractivity contribution is 5.22. The van der Waals surface area contributed by atoms with Crippen LogP contribution in [0.5, 0.6) is 0 Å². The topological polar surface area (TPSA) is 237 Å². The molecule has 6 aliphatic rings. The van der Waals surface area contributed by atoms with Gasteiger partial charge in [-0.05, 0) is 72.5 Å². The van der Waals surface area contributed by atoms with Gasteiger partial charge in [0, 0.05) is 32.5 Å². The van der Waals surface area contributed by atoms with Crippen molar-refractivity contribution in [1.29, 1.82) is 0 Å². The summed E-state index contributed by atoms with van der Waals surface area (Å²) >= 11 is 0. The van der Waals surface area contributed by atoms with Crippen molar-refractivity contribution in [3.8, 4) is 0 Å². The second-order valence-electron chi connectivity index (χ2n) is 18.8. The van der Waals surface area contributed by atoms with Crippen molar-refractivity contribution in [2.45, 2.75) is 158 Å². The van der Waals surface area contributed by atoms with E-state index >= 15 is 0 Å². The summed E-state index contributed by atoms with van der Waals surface area (Å²) in [5, 5.41) is 100. The third-order valence-corrected chi connectivity index (χ3v) is 15.4. The Hall–Kier alpha value is -0.860. The number of aliphatic hydroxyl groups is 9. The van der Waals surface area contributed by atoms with E-state index in [2.05, 4.69) is 13.8 Å². The van der Waals surface area contributed by atoms with Gasteiger partial charge in [-0.2, -0.15) is 0 Å². The van der Waals surface area contributed by atoms with Crippen LogP contribution in [0.2, 0.25) is 0 Å². The van der Waals surface area contributed by atoms with Gasteiger partial charge in [-0.25, -0.2) is 0 Å². The molecule has 324 valence electrons. The molecule has 2 saturated heterocycles.